The Kier molecular flexibility index (Phi) is 6.70. The molecule has 0 bridgehead atoms. The van der Waals surface area contributed by atoms with Gasteiger partial charge in [-0.25, -0.2) is 9.59 Å². The van der Waals surface area contributed by atoms with Gasteiger partial charge in [0.15, 0.2) is 0 Å². The number of hydrogen-bond acceptors (Lipinski definition) is 6. The molecule has 1 aromatic carbocycles. The minimum absolute atomic E-state index is 0.107. The van der Waals surface area contributed by atoms with Crippen molar-refractivity contribution in [1.29, 1.82) is 5.26 Å². The Labute approximate surface area is 175 Å². The lowest BCUT2D eigenvalue weighted by molar-refractivity contribution is -0.129. The molecule has 1 aromatic heterocycles. The molecule has 1 aliphatic rings. The Morgan fingerprint density at radius 3 is 2.63 bits per heavy atom. The van der Waals surface area contributed by atoms with Crippen LogP contribution in [0.2, 0.25) is 0 Å². The van der Waals surface area contributed by atoms with E-state index in [1.54, 1.807) is 6.08 Å². The molecule has 1 fully saturated rings. The van der Waals surface area contributed by atoms with Gasteiger partial charge in [-0.2, -0.15) is 5.26 Å². The highest BCUT2D eigenvalue weighted by Gasteiger charge is 2.20. The number of ether oxygens (including phenoxy) is 3. The number of esters is 2. The van der Waals surface area contributed by atoms with E-state index in [4.69, 9.17) is 9.47 Å². The summed E-state index contributed by atoms with van der Waals surface area (Å²) < 4.78 is 17.8. The molecule has 0 radical (unpaired) electrons. The molecule has 0 aliphatic carbocycles. The molecule has 0 saturated carbocycles. The second-order valence-electron chi connectivity index (χ2n) is 7.15. The van der Waals surface area contributed by atoms with E-state index in [1.165, 1.54) is 31.4 Å². The van der Waals surface area contributed by atoms with Crippen molar-refractivity contribution in [2.75, 3.05) is 13.7 Å². The number of nitrogens with zero attached hydrogens (tertiary/aromatic N) is 2. The molecule has 0 unspecified atom stereocenters. The number of nitriles is 1. The Morgan fingerprint density at radius 1 is 1.30 bits per heavy atom. The maximum absolute atomic E-state index is 12.5. The first-order valence-corrected chi connectivity index (χ1v) is 9.73. The van der Waals surface area contributed by atoms with Gasteiger partial charge in [0.05, 0.1) is 18.8 Å². The Hall–Kier alpha value is -3.37. The summed E-state index contributed by atoms with van der Waals surface area (Å²) in [4.78, 5) is 24.0. The lowest BCUT2D eigenvalue weighted by Gasteiger charge is -2.14. The van der Waals surface area contributed by atoms with Crippen LogP contribution >= 0.6 is 0 Å². The van der Waals surface area contributed by atoms with Gasteiger partial charge in [-0.3, -0.25) is 0 Å². The third-order valence-electron chi connectivity index (χ3n) is 5.15. The average molecular weight is 408 g/mol. The first-order valence-electron chi connectivity index (χ1n) is 9.73. The van der Waals surface area contributed by atoms with E-state index in [2.05, 4.69) is 9.30 Å². The second kappa shape index (κ2) is 9.42. The number of hydrogen-bond donors (Lipinski definition) is 0. The number of rotatable bonds is 6. The fraction of sp³-hybridized carbons (Fsp3) is 0.348. The van der Waals surface area contributed by atoms with E-state index in [0.717, 1.165) is 42.9 Å². The number of aromatic nitrogens is 1. The summed E-state index contributed by atoms with van der Waals surface area (Å²) >= 11 is 0. The highest BCUT2D eigenvalue weighted by molar-refractivity contribution is 5.99. The van der Waals surface area contributed by atoms with Gasteiger partial charge in [-0.1, -0.05) is 0 Å². The Morgan fingerprint density at radius 2 is 2.03 bits per heavy atom. The third-order valence-corrected chi connectivity index (χ3v) is 5.15. The SMILES string of the molecule is COC(=O)c1ccc(OC(=O)/C(C#N)=C/c2cc(C)n(C[C@H]3CCCO3)c2C)cc1. The van der Waals surface area contributed by atoms with Crippen LogP contribution in [-0.4, -0.2) is 36.3 Å². The molecule has 1 saturated heterocycles. The molecule has 7 nitrogen and oxygen atoms in total. The van der Waals surface area contributed by atoms with Crippen LogP contribution in [0, 0.1) is 25.2 Å². The van der Waals surface area contributed by atoms with E-state index in [-0.39, 0.29) is 17.4 Å². The van der Waals surface area contributed by atoms with E-state index in [9.17, 15) is 14.9 Å². The molecule has 0 spiro atoms. The second-order valence-corrected chi connectivity index (χ2v) is 7.15. The molecule has 30 heavy (non-hydrogen) atoms. The largest absolute Gasteiger partial charge is 0.465 e. The zero-order chi connectivity index (χ0) is 21.7. The minimum Gasteiger partial charge on any atom is -0.465 e. The maximum Gasteiger partial charge on any atom is 0.354 e. The predicted molar refractivity (Wildman–Crippen MR) is 110 cm³/mol. The lowest BCUT2D eigenvalue weighted by atomic mass is 10.1. The van der Waals surface area contributed by atoms with Gasteiger partial charge in [-0.15, -0.1) is 0 Å². The Balaban J connectivity index is 1.75. The van der Waals surface area contributed by atoms with E-state index < -0.39 is 11.9 Å². The third kappa shape index (κ3) is 4.78. The van der Waals surface area contributed by atoms with Crippen LogP contribution in [0.15, 0.2) is 35.9 Å². The normalized spacial score (nSPS) is 16.2. The van der Waals surface area contributed by atoms with Crippen LogP contribution < -0.4 is 4.74 Å². The standard InChI is InChI=1S/C23H24N2O5/c1-15-11-18(16(2)25(15)14-21-5-4-10-29-21)12-19(13-24)23(27)30-20-8-6-17(7-9-20)22(26)28-3/h6-9,11-12,21H,4-5,10,14H2,1-3H3/b19-12+/t21-/m1/s1. The van der Waals surface area contributed by atoms with Gasteiger partial charge in [0, 0.05) is 24.5 Å². The molecule has 1 aliphatic heterocycles. The molecule has 0 amide bonds. The quantitative estimate of drug-likeness (QED) is 0.314. The van der Waals surface area contributed by atoms with Crippen molar-refractivity contribution >= 4 is 18.0 Å². The van der Waals surface area contributed by atoms with E-state index in [0.29, 0.717) is 5.56 Å². The van der Waals surface area contributed by atoms with Crippen LogP contribution in [-0.2, 0) is 20.8 Å². The fourth-order valence-electron chi connectivity index (χ4n) is 3.48. The average Bonchev–Trinajstić information content (AvgIpc) is 3.35. The number of benzene rings is 1. The maximum atomic E-state index is 12.5. The number of carbonyl (C=O) groups excluding carboxylic acids is 2. The summed E-state index contributed by atoms with van der Waals surface area (Å²) in [7, 11) is 1.29. The van der Waals surface area contributed by atoms with Gasteiger partial charge in [0.1, 0.15) is 17.4 Å². The van der Waals surface area contributed by atoms with Crippen LogP contribution in [0.4, 0.5) is 0 Å². The monoisotopic (exact) mass is 408 g/mol. The zero-order valence-corrected chi connectivity index (χ0v) is 17.3. The molecule has 2 heterocycles. The molecule has 2 aromatic rings. The molecule has 1 atom stereocenters. The van der Waals surface area contributed by atoms with E-state index >= 15 is 0 Å². The number of methoxy groups -OCH3 is 1. The van der Waals surface area contributed by atoms with Gasteiger partial charge >= 0.3 is 11.9 Å². The lowest BCUT2D eigenvalue weighted by Crippen LogP contribution is -2.16. The number of aryl methyl sites for hydroxylation is 1. The van der Waals surface area contributed by atoms with Crippen molar-refractivity contribution in [1.82, 2.24) is 4.57 Å². The fourth-order valence-corrected chi connectivity index (χ4v) is 3.48. The predicted octanol–water partition coefficient (Wildman–Crippen LogP) is 3.58. The summed E-state index contributed by atoms with van der Waals surface area (Å²) in [5, 5.41) is 9.47. The smallest absolute Gasteiger partial charge is 0.354 e. The molecule has 0 N–H and O–H groups in total. The van der Waals surface area contributed by atoms with Crippen molar-refractivity contribution < 1.29 is 23.8 Å². The molecule has 7 heteroatoms. The molecule has 3 rings (SSSR count). The summed E-state index contributed by atoms with van der Waals surface area (Å²) in [6.45, 7) is 5.50. The van der Waals surface area contributed by atoms with Crippen molar-refractivity contribution in [3.8, 4) is 11.8 Å². The highest BCUT2D eigenvalue weighted by Crippen LogP contribution is 2.23. The van der Waals surface area contributed by atoms with Crippen molar-refractivity contribution in [3.63, 3.8) is 0 Å². The summed E-state index contributed by atoms with van der Waals surface area (Å²) in [6, 6.07) is 9.80. The van der Waals surface area contributed by atoms with E-state index in [1.807, 2.05) is 26.0 Å². The zero-order valence-electron chi connectivity index (χ0n) is 17.3. The van der Waals surface area contributed by atoms with Crippen molar-refractivity contribution in [2.45, 2.75) is 39.3 Å². The number of carbonyl (C=O) groups is 2. The van der Waals surface area contributed by atoms with Crippen LogP contribution in [0.1, 0.15) is 40.2 Å². The van der Waals surface area contributed by atoms with Gasteiger partial charge in [0.25, 0.3) is 0 Å². The first kappa shape index (κ1) is 21.3. The van der Waals surface area contributed by atoms with Crippen LogP contribution in [0.5, 0.6) is 5.75 Å². The first-order chi connectivity index (χ1) is 14.4. The Bertz CT molecular complexity index is 1010. The molecular weight excluding hydrogens is 384 g/mol. The van der Waals surface area contributed by atoms with Crippen molar-refractivity contribution in [3.05, 3.63) is 58.4 Å². The molecular formula is C23H24N2O5. The summed E-state index contributed by atoms with van der Waals surface area (Å²) in [5.74, 6) is -1.01. The van der Waals surface area contributed by atoms with Gasteiger partial charge < -0.3 is 18.8 Å². The minimum atomic E-state index is -0.757. The highest BCUT2D eigenvalue weighted by atomic mass is 16.5. The van der Waals surface area contributed by atoms with Gasteiger partial charge in [0.2, 0.25) is 0 Å². The van der Waals surface area contributed by atoms with Crippen molar-refractivity contribution in [2.24, 2.45) is 0 Å². The van der Waals surface area contributed by atoms with Crippen LogP contribution in [0.3, 0.4) is 0 Å². The molecule has 156 valence electrons. The van der Waals surface area contributed by atoms with Gasteiger partial charge in [-0.05, 0) is 68.7 Å². The summed E-state index contributed by atoms with van der Waals surface area (Å²) in [5.41, 5.74) is 3.03. The topological polar surface area (TPSA) is 90.5 Å². The van der Waals surface area contributed by atoms with Crippen LogP contribution in [0.25, 0.3) is 6.08 Å². The summed E-state index contributed by atoms with van der Waals surface area (Å²) in [6.07, 6.45) is 3.84.